The summed E-state index contributed by atoms with van der Waals surface area (Å²) < 4.78 is 1.81. The minimum atomic E-state index is 0.0366. The van der Waals surface area contributed by atoms with Crippen LogP contribution in [0.2, 0.25) is 0 Å². The van der Waals surface area contributed by atoms with Crippen LogP contribution in [0.1, 0.15) is 17.3 Å². The fraction of sp³-hybridized carbons (Fsp3) is 0.300. The van der Waals surface area contributed by atoms with Gasteiger partial charge in [0.05, 0.1) is 0 Å². The number of nitrogens with zero attached hydrogens (tertiary/aromatic N) is 1. The number of amides is 1. The highest BCUT2D eigenvalue weighted by molar-refractivity contribution is 9.11. The molecule has 0 aliphatic rings. The van der Waals surface area contributed by atoms with Gasteiger partial charge in [-0.3, -0.25) is 4.79 Å². The predicted molar refractivity (Wildman–Crippen MR) is 64.5 cm³/mol. The smallest absolute Gasteiger partial charge is 0.253 e. The second-order valence-electron chi connectivity index (χ2n) is 2.98. The molecule has 0 unspecified atom stereocenters. The first-order valence-corrected chi connectivity index (χ1v) is 5.84. The molecule has 0 N–H and O–H groups in total. The second-order valence-corrected chi connectivity index (χ2v) is 4.81. The first-order chi connectivity index (χ1) is 6.54. The molecule has 1 rings (SSSR count). The third-order valence-electron chi connectivity index (χ3n) is 1.93. The molecule has 2 nitrogen and oxygen atoms in total. The minimum absolute atomic E-state index is 0.0366. The molecule has 14 heavy (non-hydrogen) atoms. The molecule has 0 spiro atoms. The van der Waals surface area contributed by atoms with E-state index in [2.05, 4.69) is 31.9 Å². The Morgan fingerprint density at radius 2 is 1.79 bits per heavy atom. The second kappa shape index (κ2) is 4.94. The fourth-order valence-corrected chi connectivity index (χ4v) is 2.33. The maximum atomic E-state index is 11.8. The summed E-state index contributed by atoms with van der Waals surface area (Å²) in [6.45, 7) is 2.66. The highest BCUT2D eigenvalue weighted by atomic mass is 79.9. The Morgan fingerprint density at radius 3 is 2.21 bits per heavy atom. The van der Waals surface area contributed by atoms with Gasteiger partial charge < -0.3 is 4.90 Å². The summed E-state index contributed by atoms with van der Waals surface area (Å²) in [5, 5.41) is 0. The van der Waals surface area contributed by atoms with Crippen LogP contribution >= 0.6 is 31.9 Å². The van der Waals surface area contributed by atoms with Gasteiger partial charge in [-0.05, 0) is 25.1 Å². The molecular formula is C10H11Br2NO. The number of halogens is 2. The van der Waals surface area contributed by atoms with Crippen LogP contribution in [-0.2, 0) is 0 Å². The Bertz CT molecular complexity index is 332. The maximum Gasteiger partial charge on any atom is 0.253 e. The summed E-state index contributed by atoms with van der Waals surface area (Å²) in [6, 6.07) is 5.54. The molecular weight excluding hydrogens is 310 g/mol. The quantitative estimate of drug-likeness (QED) is 0.818. The van der Waals surface area contributed by atoms with E-state index in [4.69, 9.17) is 0 Å². The topological polar surface area (TPSA) is 20.3 Å². The molecule has 4 heteroatoms. The van der Waals surface area contributed by atoms with E-state index in [1.165, 1.54) is 0 Å². The standard InChI is InChI=1S/C10H11Br2NO/c1-3-13(2)10(14)7-4-8(11)6-9(12)5-7/h4-6H,3H2,1-2H3. The fourth-order valence-electron chi connectivity index (χ4n) is 1.04. The number of hydrogen-bond acceptors (Lipinski definition) is 1. The largest absolute Gasteiger partial charge is 0.342 e. The van der Waals surface area contributed by atoms with Crippen LogP contribution in [0.25, 0.3) is 0 Å². The van der Waals surface area contributed by atoms with Gasteiger partial charge in [-0.25, -0.2) is 0 Å². The molecule has 1 amide bonds. The van der Waals surface area contributed by atoms with Crippen molar-refractivity contribution in [2.24, 2.45) is 0 Å². The zero-order valence-electron chi connectivity index (χ0n) is 8.05. The van der Waals surface area contributed by atoms with E-state index in [0.717, 1.165) is 8.95 Å². The van der Waals surface area contributed by atoms with Crippen LogP contribution in [0, 0.1) is 0 Å². The van der Waals surface area contributed by atoms with Gasteiger partial charge in [0.2, 0.25) is 0 Å². The molecule has 0 radical (unpaired) electrons. The third kappa shape index (κ3) is 2.82. The SMILES string of the molecule is CCN(C)C(=O)c1cc(Br)cc(Br)c1. The molecule has 0 bridgehead atoms. The molecule has 0 heterocycles. The number of hydrogen-bond donors (Lipinski definition) is 0. The van der Waals surface area contributed by atoms with Gasteiger partial charge in [0.25, 0.3) is 5.91 Å². The Hall–Kier alpha value is -0.350. The lowest BCUT2D eigenvalue weighted by molar-refractivity contribution is 0.0802. The average molecular weight is 321 g/mol. The molecule has 0 atom stereocenters. The van der Waals surface area contributed by atoms with E-state index in [0.29, 0.717) is 12.1 Å². The summed E-state index contributed by atoms with van der Waals surface area (Å²) in [7, 11) is 1.79. The average Bonchev–Trinajstić information content (AvgIpc) is 2.14. The van der Waals surface area contributed by atoms with Crippen molar-refractivity contribution in [1.82, 2.24) is 4.90 Å². The van der Waals surface area contributed by atoms with Gasteiger partial charge in [-0.1, -0.05) is 31.9 Å². The number of rotatable bonds is 2. The van der Waals surface area contributed by atoms with Crippen molar-refractivity contribution in [1.29, 1.82) is 0 Å². The lowest BCUT2D eigenvalue weighted by Gasteiger charge is -2.14. The Balaban J connectivity index is 3.01. The van der Waals surface area contributed by atoms with Crippen LogP contribution < -0.4 is 0 Å². The Morgan fingerprint density at radius 1 is 1.29 bits per heavy atom. The molecule has 0 aliphatic carbocycles. The molecule has 76 valence electrons. The van der Waals surface area contributed by atoms with Crippen molar-refractivity contribution < 1.29 is 4.79 Å². The van der Waals surface area contributed by atoms with Crippen LogP contribution in [0.15, 0.2) is 27.1 Å². The van der Waals surface area contributed by atoms with Crippen molar-refractivity contribution in [2.75, 3.05) is 13.6 Å². The molecule has 0 aliphatic heterocycles. The van der Waals surface area contributed by atoms with Crippen molar-refractivity contribution in [3.63, 3.8) is 0 Å². The van der Waals surface area contributed by atoms with Gasteiger partial charge in [0.1, 0.15) is 0 Å². The summed E-state index contributed by atoms with van der Waals surface area (Å²) in [5.74, 6) is 0.0366. The van der Waals surface area contributed by atoms with Crippen LogP contribution in [0.5, 0.6) is 0 Å². The first kappa shape index (κ1) is 11.7. The van der Waals surface area contributed by atoms with E-state index in [1.54, 1.807) is 11.9 Å². The van der Waals surface area contributed by atoms with E-state index < -0.39 is 0 Å². The number of carbonyl (C=O) groups excluding carboxylic acids is 1. The zero-order valence-corrected chi connectivity index (χ0v) is 11.2. The molecule has 0 saturated heterocycles. The van der Waals surface area contributed by atoms with Crippen LogP contribution in [0.4, 0.5) is 0 Å². The van der Waals surface area contributed by atoms with Gasteiger partial charge in [-0.2, -0.15) is 0 Å². The van der Waals surface area contributed by atoms with Crippen molar-refractivity contribution in [2.45, 2.75) is 6.92 Å². The molecule has 1 aromatic rings. The maximum absolute atomic E-state index is 11.8. The number of carbonyl (C=O) groups is 1. The van der Waals surface area contributed by atoms with Crippen molar-refractivity contribution in [3.8, 4) is 0 Å². The van der Waals surface area contributed by atoms with E-state index >= 15 is 0 Å². The van der Waals surface area contributed by atoms with Gasteiger partial charge in [0, 0.05) is 28.1 Å². The van der Waals surface area contributed by atoms with Gasteiger partial charge >= 0.3 is 0 Å². The summed E-state index contributed by atoms with van der Waals surface area (Å²) in [6.07, 6.45) is 0. The molecule has 0 saturated carbocycles. The highest BCUT2D eigenvalue weighted by Crippen LogP contribution is 2.20. The zero-order chi connectivity index (χ0) is 10.7. The Labute approximate surface area is 101 Å². The summed E-state index contributed by atoms with van der Waals surface area (Å²) in [4.78, 5) is 13.4. The molecule has 0 aromatic heterocycles. The molecule has 1 aromatic carbocycles. The molecule has 0 fully saturated rings. The van der Waals surface area contributed by atoms with E-state index in [9.17, 15) is 4.79 Å². The third-order valence-corrected chi connectivity index (χ3v) is 2.85. The lowest BCUT2D eigenvalue weighted by atomic mass is 10.2. The van der Waals surface area contributed by atoms with Gasteiger partial charge in [0.15, 0.2) is 0 Å². The number of benzene rings is 1. The minimum Gasteiger partial charge on any atom is -0.342 e. The van der Waals surface area contributed by atoms with E-state index in [-0.39, 0.29) is 5.91 Å². The Kier molecular flexibility index (Phi) is 4.13. The lowest BCUT2D eigenvalue weighted by Crippen LogP contribution is -2.26. The normalized spacial score (nSPS) is 10.0. The van der Waals surface area contributed by atoms with Crippen LogP contribution in [0.3, 0.4) is 0 Å². The predicted octanol–water partition coefficient (Wildman–Crippen LogP) is 3.30. The van der Waals surface area contributed by atoms with Crippen LogP contribution in [-0.4, -0.2) is 24.4 Å². The monoisotopic (exact) mass is 319 g/mol. The van der Waals surface area contributed by atoms with Crippen molar-refractivity contribution in [3.05, 3.63) is 32.7 Å². The van der Waals surface area contributed by atoms with Crippen molar-refractivity contribution >= 4 is 37.8 Å². The van der Waals surface area contributed by atoms with Gasteiger partial charge in [-0.15, -0.1) is 0 Å². The first-order valence-electron chi connectivity index (χ1n) is 4.26. The van der Waals surface area contributed by atoms with E-state index in [1.807, 2.05) is 25.1 Å². The summed E-state index contributed by atoms with van der Waals surface area (Å²) in [5.41, 5.74) is 0.690. The highest BCUT2D eigenvalue weighted by Gasteiger charge is 2.10. The summed E-state index contributed by atoms with van der Waals surface area (Å²) >= 11 is 6.70.